The molecule has 0 radical (unpaired) electrons. The summed E-state index contributed by atoms with van der Waals surface area (Å²) in [5.41, 5.74) is 1.20. The zero-order valence-corrected chi connectivity index (χ0v) is 34.4. The predicted octanol–water partition coefficient (Wildman–Crippen LogP) is 7.12. The molecule has 2 N–H and O–H groups in total. The first-order valence-electron chi connectivity index (χ1n) is 18.3. The number of amides is 1. The number of thioether (sulfide) groups is 1. The first kappa shape index (κ1) is 45.4. The van der Waals surface area contributed by atoms with Gasteiger partial charge in [-0.2, -0.15) is 11.8 Å². The van der Waals surface area contributed by atoms with Crippen LogP contribution in [0.2, 0.25) is 0 Å². The molecule has 0 fully saturated rings. The summed E-state index contributed by atoms with van der Waals surface area (Å²) in [6.45, 7) is 11.2. The summed E-state index contributed by atoms with van der Waals surface area (Å²) in [4.78, 5) is 26.2. The van der Waals surface area contributed by atoms with E-state index in [4.69, 9.17) is 37.9 Å². The van der Waals surface area contributed by atoms with Gasteiger partial charge >= 0.3 is 12.1 Å². The normalized spacial score (nSPS) is 13.9. The van der Waals surface area contributed by atoms with Gasteiger partial charge in [-0.25, -0.2) is 9.59 Å². The van der Waals surface area contributed by atoms with Crippen molar-refractivity contribution in [1.82, 2.24) is 5.32 Å². The summed E-state index contributed by atoms with van der Waals surface area (Å²) < 4.78 is 46.3. The molecule has 304 valence electrons. The minimum absolute atomic E-state index is 0.211. The number of alkyl carbamates (subject to hydrolysis) is 1. The zero-order valence-electron chi connectivity index (χ0n) is 33.6. The highest BCUT2D eigenvalue weighted by Crippen LogP contribution is 2.27. The van der Waals surface area contributed by atoms with Crippen LogP contribution in [0.15, 0.2) is 72.8 Å². The van der Waals surface area contributed by atoms with Gasteiger partial charge in [-0.05, 0) is 107 Å². The molecule has 0 saturated heterocycles. The predicted molar refractivity (Wildman–Crippen MR) is 213 cm³/mol. The smallest absolute Gasteiger partial charge is 0.408 e. The van der Waals surface area contributed by atoms with Crippen LogP contribution in [0, 0.1) is 0 Å². The van der Waals surface area contributed by atoms with Crippen molar-refractivity contribution < 1.29 is 52.6 Å². The Kier molecular flexibility index (Phi) is 18.6. The second-order valence-electron chi connectivity index (χ2n) is 14.8. The highest BCUT2D eigenvalue weighted by atomic mass is 32.2. The third-order valence-corrected chi connectivity index (χ3v) is 9.27. The second-order valence-corrected chi connectivity index (χ2v) is 16.1. The molecule has 4 atom stereocenters. The zero-order chi connectivity index (χ0) is 40.4. The number of hydrogen-bond donors (Lipinski definition) is 2. The van der Waals surface area contributed by atoms with E-state index in [1.807, 2.05) is 72.8 Å². The van der Waals surface area contributed by atoms with Gasteiger partial charge in [0.15, 0.2) is 0 Å². The van der Waals surface area contributed by atoms with Crippen LogP contribution < -0.4 is 19.5 Å². The Morgan fingerprint density at radius 2 is 1.13 bits per heavy atom. The van der Waals surface area contributed by atoms with Gasteiger partial charge < -0.3 is 48.3 Å². The van der Waals surface area contributed by atoms with E-state index in [9.17, 15) is 14.7 Å². The van der Waals surface area contributed by atoms with Crippen molar-refractivity contribution in [2.75, 3.05) is 40.3 Å². The Bertz CT molecular complexity index is 1550. The lowest BCUT2D eigenvalue weighted by Crippen LogP contribution is -2.47. The van der Waals surface area contributed by atoms with Gasteiger partial charge in [-0.1, -0.05) is 36.4 Å². The average molecular weight is 786 g/mol. The van der Waals surface area contributed by atoms with Crippen molar-refractivity contribution in [2.24, 2.45) is 0 Å². The fraction of sp³-hybridized carbons (Fsp3) is 0.524. The molecule has 0 aliphatic rings. The maximum absolute atomic E-state index is 13.3. The van der Waals surface area contributed by atoms with Crippen molar-refractivity contribution in [1.29, 1.82) is 0 Å². The van der Waals surface area contributed by atoms with Gasteiger partial charge in [-0.3, -0.25) is 0 Å². The van der Waals surface area contributed by atoms with Gasteiger partial charge in [0, 0.05) is 0 Å². The highest BCUT2D eigenvalue weighted by molar-refractivity contribution is 8.00. The maximum Gasteiger partial charge on any atom is 0.408 e. The fourth-order valence-electron chi connectivity index (χ4n) is 5.21. The molecule has 0 heterocycles. The maximum atomic E-state index is 13.3. The van der Waals surface area contributed by atoms with Crippen molar-refractivity contribution >= 4 is 23.8 Å². The van der Waals surface area contributed by atoms with Gasteiger partial charge in [0.2, 0.25) is 0 Å². The first-order valence-corrected chi connectivity index (χ1v) is 19.3. The van der Waals surface area contributed by atoms with E-state index in [0.29, 0.717) is 12.4 Å². The molecule has 3 rings (SSSR count). The van der Waals surface area contributed by atoms with Crippen LogP contribution in [0.25, 0.3) is 0 Å². The molecule has 0 aromatic heterocycles. The van der Waals surface area contributed by atoms with Crippen LogP contribution in [-0.2, 0) is 48.3 Å². The quantitative estimate of drug-likeness (QED) is 0.100. The average Bonchev–Trinajstić information content (AvgIpc) is 3.14. The van der Waals surface area contributed by atoms with Crippen LogP contribution in [0.4, 0.5) is 4.79 Å². The van der Waals surface area contributed by atoms with E-state index in [2.05, 4.69) is 5.32 Å². The second kappa shape index (κ2) is 22.5. The SMILES string of the molecule is COc1ccc(COC[C@H](SCC[C@H](NC(=O)OC(C)(C)C)C(=O)OC(C)(C)C)[C@H](OCc2ccc(OC)cc2)[C@@H](CO)OCc2ccc(OC)cc2)cc1. The summed E-state index contributed by atoms with van der Waals surface area (Å²) in [5, 5.41) is 13.1. The molecule has 0 aliphatic heterocycles. The molecule has 13 heteroatoms. The lowest BCUT2D eigenvalue weighted by Gasteiger charge is -2.33. The van der Waals surface area contributed by atoms with Gasteiger partial charge in [-0.15, -0.1) is 0 Å². The molecule has 0 bridgehead atoms. The number of benzene rings is 3. The summed E-state index contributed by atoms with van der Waals surface area (Å²) >= 11 is 1.49. The molecule has 3 aromatic carbocycles. The van der Waals surface area contributed by atoms with Gasteiger partial charge in [0.05, 0.1) is 59.6 Å². The monoisotopic (exact) mass is 785 g/mol. The van der Waals surface area contributed by atoms with Crippen LogP contribution in [-0.4, -0.2) is 92.2 Å². The minimum Gasteiger partial charge on any atom is -0.497 e. The number of esters is 1. The fourth-order valence-corrected chi connectivity index (χ4v) is 6.52. The van der Waals surface area contributed by atoms with Crippen molar-refractivity contribution in [3.05, 3.63) is 89.5 Å². The van der Waals surface area contributed by atoms with Crippen molar-refractivity contribution in [3.8, 4) is 17.2 Å². The van der Waals surface area contributed by atoms with Crippen molar-refractivity contribution in [3.63, 3.8) is 0 Å². The molecule has 0 spiro atoms. The Hall–Kier alpha value is -4.01. The number of carbonyl (C=O) groups excluding carboxylic acids is 2. The number of carbonyl (C=O) groups is 2. The molecule has 55 heavy (non-hydrogen) atoms. The number of nitrogens with one attached hydrogen (secondary N) is 1. The van der Waals surface area contributed by atoms with Crippen LogP contribution >= 0.6 is 11.8 Å². The molecule has 0 aliphatic carbocycles. The molecular formula is C42H59NO11S. The highest BCUT2D eigenvalue weighted by Gasteiger charge is 2.34. The first-order chi connectivity index (χ1) is 26.1. The summed E-state index contributed by atoms with van der Waals surface area (Å²) in [6.07, 6.45) is -1.94. The number of aliphatic hydroxyl groups is 1. The molecular weight excluding hydrogens is 727 g/mol. The van der Waals surface area contributed by atoms with E-state index in [0.717, 1.165) is 33.9 Å². The molecule has 0 unspecified atom stereocenters. The molecule has 0 saturated carbocycles. The summed E-state index contributed by atoms with van der Waals surface area (Å²) in [7, 11) is 4.83. The number of hydrogen-bond acceptors (Lipinski definition) is 12. The largest absolute Gasteiger partial charge is 0.497 e. The van der Waals surface area contributed by atoms with Crippen molar-refractivity contribution in [2.45, 2.75) is 102 Å². The lowest BCUT2D eigenvalue weighted by molar-refractivity contribution is -0.157. The van der Waals surface area contributed by atoms with Crippen LogP contribution in [0.5, 0.6) is 17.2 Å². The van der Waals surface area contributed by atoms with E-state index in [-0.39, 0.29) is 32.8 Å². The lowest BCUT2D eigenvalue weighted by atomic mass is 10.1. The Morgan fingerprint density at radius 1 is 0.673 bits per heavy atom. The number of aliphatic hydroxyl groups excluding tert-OH is 1. The van der Waals surface area contributed by atoms with E-state index < -0.39 is 46.8 Å². The van der Waals surface area contributed by atoms with Gasteiger partial charge in [0.25, 0.3) is 0 Å². The number of ether oxygens (including phenoxy) is 8. The standard InChI is InChI=1S/C42H59NO11S/c1-41(2,3)53-39(45)35(43-40(46)54-42(4,5)6)22-23-55-37(28-50-25-29-10-16-32(47-7)17-11-29)38(52-27-31-14-20-34(49-9)21-15-31)36(24-44)51-26-30-12-18-33(48-8)19-13-30/h10-21,35-38,44H,22-28H2,1-9H3,(H,43,46)/t35-,36+,37-,38+/m0/s1. The number of methoxy groups -OCH3 is 3. The Morgan fingerprint density at radius 3 is 1.56 bits per heavy atom. The molecule has 1 amide bonds. The Labute approximate surface area is 330 Å². The topological polar surface area (TPSA) is 140 Å². The number of rotatable bonds is 22. The van der Waals surface area contributed by atoms with E-state index >= 15 is 0 Å². The third kappa shape index (κ3) is 17.1. The summed E-state index contributed by atoms with van der Waals surface area (Å²) in [5.74, 6) is 1.99. The summed E-state index contributed by atoms with van der Waals surface area (Å²) in [6, 6.07) is 21.7. The Balaban J connectivity index is 1.90. The third-order valence-electron chi connectivity index (χ3n) is 7.97. The minimum atomic E-state index is -0.985. The van der Waals surface area contributed by atoms with Gasteiger partial charge in [0.1, 0.15) is 46.7 Å². The van der Waals surface area contributed by atoms with E-state index in [1.165, 1.54) is 11.8 Å². The molecule has 3 aromatic rings. The van der Waals surface area contributed by atoms with Crippen LogP contribution in [0.3, 0.4) is 0 Å². The molecule has 12 nitrogen and oxygen atoms in total. The van der Waals surface area contributed by atoms with Crippen LogP contribution in [0.1, 0.15) is 64.7 Å². The van der Waals surface area contributed by atoms with E-state index in [1.54, 1.807) is 62.9 Å².